The molecule has 0 radical (unpaired) electrons. The Hall–Kier alpha value is -0.970. The molecule has 0 aliphatic heterocycles. The Balaban J connectivity index is 2.94. The summed E-state index contributed by atoms with van der Waals surface area (Å²) >= 11 is 2.89. The van der Waals surface area contributed by atoms with Gasteiger partial charge in [-0.3, -0.25) is 0 Å². The van der Waals surface area contributed by atoms with Crippen LogP contribution in [-0.4, -0.2) is 9.97 Å². The first kappa shape index (κ1) is 7.67. The Morgan fingerprint density at radius 2 is 2.08 bits per heavy atom. The molecular weight excluding hydrogens is 230 g/mol. The van der Waals surface area contributed by atoms with E-state index in [0.29, 0.717) is 5.52 Å². The molecule has 1 aromatic carbocycles. The Kier molecular flexibility index (Phi) is 1.61. The van der Waals surface area contributed by atoms with Crippen molar-refractivity contribution in [3.8, 4) is 0 Å². The number of imidazole rings is 1. The number of rotatable bonds is 0. The molecule has 0 amide bonds. The quantitative estimate of drug-likeness (QED) is 0.696. The van der Waals surface area contributed by atoms with Gasteiger partial charge in [0.05, 0.1) is 16.3 Å². The van der Waals surface area contributed by atoms with Gasteiger partial charge in [0, 0.05) is 0 Å². The number of nitrogens with zero attached hydrogens (tertiary/aromatic N) is 1. The highest BCUT2D eigenvalue weighted by Crippen LogP contribution is 2.24. The van der Waals surface area contributed by atoms with Gasteiger partial charge in [-0.25, -0.2) is 13.8 Å². The minimum atomic E-state index is -0.930. The zero-order chi connectivity index (χ0) is 8.72. The second-order valence-corrected chi connectivity index (χ2v) is 3.14. The van der Waals surface area contributed by atoms with E-state index in [1.807, 2.05) is 0 Å². The monoisotopic (exact) mass is 232 g/mol. The van der Waals surface area contributed by atoms with E-state index in [2.05, 4.69) is 25.9 Å². The fraction of sp³-hybridized carbons (Fsp3) is 0. The lowest BCUT2D eigenvalue weighted by atomic mass is 10.3. The molecule has 0 bridgehead atoms. The lowest BCUT2D eigenvalue weighted by Gasteiger charge is -1.96. The Morgan fingerprint density at radius 1 is 1.33 bits per heavy atom. The van der Waals surface area contributed by atoms with Gasteiger partial charge in [-0.1, -0.05) is 0 Å². The van der Waals surface area contributed by atoms with Crippen molar-refractivity contribution in [1.82, 2.24) is 9.97 Å². The minimum absolute atomic E-state index is 0.0238. The van der Waals surface area contributed by atoms with E-state index in [0.717, 1.165) is 0 Å². The highest BCUT2D eigenvalue weighted by Gasteiger charge is 2.12. The highest BCUT2D eigenvalue weighted by atomic mass is 79.9. The fourth-order valence-corrected chi connectivity index (χ4v) is 1.39. The number of nitrogens with one attached hydrogen (secondary N) is 1. The fourth-order valence-electron chi connectivity index (χ4n) is 0.988. The molecule has 0 aliphatic carbocycles. The predicted octanol–water partition coefficient (Wildman–Crippen LogP) is 2.60. The molecule has 1 heterocycles. The van der Waals surface area contributed by atoms with Crippen LogP contribution in [0.1, 0.15) is 0 Å². The third-order valence-electron chi connectivity index (χ3n) is 1.55. The largest absolute Gasteiger partial charge is 0.344 e. The summed E-state index contributed by atoms with van der Waals surface area (Å²) in [6, 6.07) is 1.45. The number of hydrogen-bond donors (Lipinski definition) is 1. The molecule has 0 unspecified atom stereocenters. The van der Waals surface area contributed by atoms with E-state index in [9.17, 15) is 8.78 Å². The van der Waals surface area contributed by atoms with Crippen LogP contribution in [0.15, 0.2) is 16.9 Å². The first-order valence-electron chi connectivity index (χ1n) is 3.16. The second kappa shape index (κ2) is 2.52. The molecule has 1 N–H and O–H groups in total. The maximum absolute atomic E-state index is 13.0. The molecule has 0 saturated carbocycles. The standard InChI is InChI=1S/C7H3BrF2N2/c8-3-1-4-7(12-2-11-4)6(10)5(3)9/h1-2H,(H,11,12). The van der Waals surface area contributed by atoms with Crippen LogP contribution in [-0.2, 0) is 0 Å². The summed E-state index contributed by atoms with van der Waals surface area (Å²) in [5.41, 5.74) is 0.497. The normalized spacial score (nSPS) is 10.9. The zero-order valence-electron chi connectivity index (χ0n) is 5.74. The number of H-pyrrole nitrogens is 1. The van der Waals surface area contributed by atoms with Gasteiger partial charge in [0.15, 0.2) is 11.6 Å². The van der Waals surface area contributed by atoms with Crippen molar-refractivity contribution in [3.05, 3.63) is 28.5 Å². The molecule has 2 rings (SSSR count). The molecule has 5 heteroatoms. The smallest absolute Gasteiger partial charge is 0.187 e. The van der Waals surface area contributed by atoms with Crippen molar-refractivity contribution in [2.24, 2.45) is 0 Å². The average Bonchev–Trinajstić information content (AvgIpc) is 2.48. The van der Waals surface area contributed by atoms with Gasteiger partial charge >= 0.3 is 0 Å². The van der Waals surface area contributed by atoms with Crippen LogP contribution in [0.5, 0.6) is 0 Å². The van der Waals surface area contributed by atoms with Crippen LogP contribution in [0, 0.1) is 11.6 Å². The lowest BCUT2D eigenvalue weighted by molar-refractivity contribution is 0.511. The molecular formula is C7H3BrF2N2. The van der Waals surface area contributed by atoms with Crippen LogP contribution in [0.25, 0.3) is 11.0 Å². The van der Waals surface area contributed by atoms with Gasteiger partial charge in [0.2, 0.25) is 0 Å². The Morgan fingerprint density at radius 3 is 2.83 bits per heavy atom. The van der Waals surface area contributed by atoms with Gasteiger partial charge in [-0.05, 0) is 22.0 Å². The van der Waals surface area contributed by atoms with Gasteiger partial charge in [-0.2, -0.15) is 0 Å². The van der Waals surface area contributed by atoms with Crippen LogP contribution in [0.4, 0.5) is 8.78 Å². The Labute approximate surface area is 74.7 Å². The summed E-state index contributed by atoms with van der Waals surface area (Å²) in [6.45, 7) is 0. The number of aromatic nitrogens is 2. The lowest BCUT2D eigenvalue weighted by Crippen LogP contribution is -1.87. The summed E-state index contributed by atoms with van der Waals surface area (Å²) < 4.78 is 26.0. The maximum atomic E-state index is 13.0. The van der Waals surface area contributed by atoms with Crippen LogP contribution < -0.4 is 0 Å². The van der Waals surface area contributed by atoms with Crippen LogP contribution in [0.2, 0.25) is 0 Å². The maximum Gasteiger partial charge on any atom is 0.187 e. The summed E-state index contributed by atoms with van der Waals surface area (Å²) in [6.07, 6.45) is 1.32. The third kappa shape index (κ3) is 0.929. The van der Waals surface area contributed by atoms with Crippen molar-refractivity contribution < 1.29 is 8.78 Å². The highest BCUT2D eigenvalue weighted by molar-refractivity contribution is 9.10. The molecule has 0 fully saturated rings. The van der Waals surface area contributed by atoms with E-state index in [4.69, 9.17) is 0 Å². The van der Waals surface area contributed by atoms with Crippen molar-refractivity contribution in [1.29, 1.82) is 0 Å². The summed E-state index contributed by atoms with van der Waals surface area (Å²) in [5, 5.41) is 0. The predicted molar refractivity (Wildman–Crippen MR) is 43.7 cm³/mol. The molecule has 2 aromatic rings. The zero-order valence-corrected chi connectivity index (χ0v) is 7.32. The van der Waals surface area contributed by atoms with Crippen molar-refractivity contribution >= 4 is 27.0 Å². The SMILES string of the molecule is Fc1c(Br)cc2[nH]cnc2c1F. The van der Waals surface area contributed by atoms with Crippen molar-refractivity contribution in [2.45, 2.75) is 0 Å². The molecule has 0 aliphatic rings. The van der Waals surface area contributed by atoms with Gasteiger partial charge in [0.1, 0.15) is 5.52 Å². The first-order chi connectivity index (χ1) is 5.70. The van der Waals surface area contributed by atoms with Crippen molar-refractivity contribution in [2.75, 3.05) is 0 Å². The summed E-state index contributed by atoms with van der Waals surface area (Å²) in [5.74, 6) is -1.84. The molecule has 0 atom stereocenters. The van der Waals surface area contributed by atoms with Crippen molar-refractivity contribution in [3.63, 3.8) is 0 Å². The topological polar surface area (TPSA) is 28.7 Å². The van der Waals surface area contributed by atoms with Gasteiger partial charge < -0.3 is 4.98 Å². The number of halogens is 3. The number of aromatic amines is 1. The van der Waals surface area contributed by atoms with E-state index in [-0.39, 0.29) is 9.99 Å². The molecule has 12 heavy (non-hydrogen) atoms. The molecule has 1 aromatic heterocycles. The van der Waals surface area contributed by atoms with E-state index >= 15 is 0 Å². The number of hydrogen-bond acceptors (Lipinski definition) is 1. The third-order valence-corrected chi connectivity index (χ3v) is 2.13. The van der Waals surface area contributed by atoms with E-state index in [1.165, 1.54) is 12.4 Å². The molecule has 0 spiro atoms. The second-order valence-electron chi connectivity index (χ2n) is 2.29. The van der Waals surface area contributed by atoms with Gasteiger partial charge in [0.25, 0.3) is 0 Å². The van der Waals surface area contributed by atoms with Crippen LogP contribution >= 0.6 is 15.9 Å². The molecule has 62 valence electrons. The minimum Gasteiger partial charge on any atom is -0.344 e. The first-order valence-corrected chi connectivity index (χ1v) is 3.96. The van der Waals surface area contributed by atoms with Gasteiger partial charge in [-0.15, -0.1) is 0 Å². The molecule has 0 saturated heterocycles. The van der Waals surface area contributed by atoms with Crippen LogP contribution in [0.3, 0.4) is 0 Å². The number of fused-ring (bicyclic) bond motifs is 1. The van der Waals surface area contributed by atoms with E-state index < -0.39 is 11.6 Å². The molecule has 2 nitrogen and oxygen atoms in total. The number of benzene rings is 1. The summed E-state index contributed by atoms with van der Waals surface area (Å²) in [7, 11) is 0. The average molecular weight is 233 g/mol. The van der Waals surface area contributed by atoms with E-state index in [1.54, 1.807) is 0 Å². The summed E-state index contributed by atoms with van der Waals surface area (Å²) in [4.78, 5) is 6.31. The Bertz CT molecular complexity index is 438.